The molecule has 0 bridgehead atoms. The number of esters is 1. The molecular formula is C29H41N3O5. The summed E-state index contributed by atoms with van der Waals surface area (Å²) >= 11 is 0. The number of imidazole rings is 1. The van der Waals surface area contributed by atoms with Gasteiger partial charge in [0.25, 0.3) is 5.91 Å². The Bertz CT molecular complexity index is 1100. The second-order valence-corrected chi connectivity index (χ2v) is 9.62. The van der Waals surface area contributed by atoms with Crippen LogP contribution in [-0.2, 0) is 28.8 Å². The Morgan fingerprint density at radius 3 is 2.57 bits per heavy atom. The molecule has 1 amide bonds. The van der Waals surface area contributed by atoms with Crippen molar-refractivity contribution in [2.75, 3.05) is 7.11 Å². The minimum absolute atomic E-state index is 0.0455. The van der Waals surface area contributed by atoms with E-state index in [2.05, 4.69) is 42.1 Å². The van der Waals surface area contributed by atoms with E-state index in [1.807, 2.05) is 13.0 Å². The molecule has 0 radical (unpaired) electrons. The maximum Gasteiger partial charge on any atom is 0.328 e. The molecule has 0 aliphatic carbocycles. The van der Waals surface area contributed by atoms with Crippen LogP contribution in [-0.4, -0.2) is 45.2 Å². The molecule has 8 heteroatoms. The summed E-state index contributed by atoms with van der Waals surface area (Å²) in [5.74, 6) is -1.51. The number of aromatic nitrogens is 2. The van der Waals surface area contributed by atoms with Crippen LogP contribution in [0.25, 0.3) is 0 Å². The first-order chi connectivity index (χ1) is 17.7. The molecule has 2 rings (SSSR count). The molecule has 0 unspecified atom stereocenters. The molecule has 0 saturated heterocycles. The van der Waals surface area contributed by atoms with Gasteiger partial charge in [0.2, 0.25) is 0 Å². The molecule has 4 N–H and O–H groups in total. The summed E-state index contributed by atoms with van der Waals surface area (Å²) in [4.78, 5) is 32.8. The molecule has 0 saturated carbocycles. The summed E-state index contributed by atoms with van der Waals surface area (Å²) in [6, 6.07) is 0.587. The van der Waals surface area contributed by atoms with E-state index in [4.69, 9.17) is 4.74 Å². The number of nitrogens with one attached hydrogen (secondary N) is 2. The van der Waals surface area contributed by atoms with E-state index in [0.717, 1.165) is 37.7 Å². The average Bonchev–Trinajstić information content (AvgIpc) is 3.36. The number of rotatable bonds is 14. The van der Waals surface area contributed by atoms with E-state index in [1.165, 1.54) is 19.0 Å². The SMILES string of the molecule is CCCCCc1cc(O)c(C/C=C(\C)CCC=C(C)C)c(O)c1C(=O)N[C@@H](Cc1cnc[nH]1)C(=O)OC. The van der Waals surface area contributed by atoms with Crippen LogP contribution >= 0.6 is 0 Å². The van der Waals surface area contributed by atoms with Crippen molar-refractivity contribution in [2.24, 2.45) is 0 Å². The largest absolute Gasteiger partial charge is 0.508 e. The number of aromatic hydroxyl groups is 2. The van der Waals surface area contributed by atoms with Gasteiger partial charge in [0.15, 0.2) is 0 Å². The number of amides is 1. The average molecular weight is 512 g/mol. The van der Waals surface area contributed by atoms with E-state index >= 15 is 0 Å². The normalized spacial score (nSPS) is 12.2. The van der Waals surface area contributed by atoms with E-state index in [0.29, 0.717) is 17.7 Å². The lowest BCUT2D eigenvalue weighted by Gasteiger charge is -2.20. The van der Waals surface area contributed by atoms with Crippen molar-refractivity contribution < 1.29 is 24.5 Å². The number of methoxy groups -OCH3 is 1. The van der Waals surface area contributed by atoms with Gasteiger partial charge in [-0.05, 0) is 64.5 Å². The summed E-state index contributed by atoms with van der Waals surface area (Å²) in [5, 5.41) is 24.7. The lowest BCUT2D eigenvalue weighted by molar-refractivity contribution is -0.142. The van der Waals surface area contributed by atoms with Gasteiger partial charge < -0.3 is 25.3 Å². The molecule has 1 aromatic carbocycles. The molecule has 0 spiro atoms. The molecule has 0 aliphatic rings. The van der Waals surface area contributed by atoms with Crippen molar-refractivity contribution in [3.05, 3.63) is 64.3 Å². The molecule has 202 valence electrons. The monoisotopic (exact) mass is 511 g/mol. The molecule has 2 aromatic rings. The number of carbonyl (C=O) groups excluding carboxylic acids is 2. The molecule has 0 fully saturated rings. The zero-order valence-corrected chi connectivity index (χ0v) is 22.7. The molecule has 1 aromatic heterocycles. The highest BCUT2D eigenvalue weighted by molar-refractivity contribution is 6.01. The fourth-order valence-corrected chi connectivity index (χ4v) is 4.11. The number of nitrogens with zero attached hydrogens (tertiary/aromatic N) is 1. The number of carbonyl (C=O) groups is 2. The highest BCUT2D eigenvalue weighted by atomic mass is 16.5. The van der Waals surface area contributed by atoms with Crippen LogP contribution in [0.5, 0.6) is 11.5 Å². The summed E-state index contributed by atoms with van der Waals surface area (Å²) < 4.78 is 4.89. The standard InChI is InChI=1S/C29H41N3O5/c1-6-7-8-12-21-15-25(33)23(14-13-20(4)11-9-10-19(2)3)27(34)26(21)28(35)32-24(29(36)37-5)16-22-17-30-18-31-22/h10,13,15,17-18,24,33-34H,6-9,11-12,14,16H2,1-5H3,(H,30,31)(H,32,35)/b20-13+/t24-/m0/s1. The smallest absolute Gasteiger partial charge is 0.328 e. The minimum Gasteiger partial charge on any atom is -0.508 e. The third-order valence-electron chi connectivity index (χ3n) is 6.26. The second kappa shape index (κ2) is 14.9. The van der Waals surface area contributed by atoms with Gasteiger partial charge in [-0.15, -0.1) is 0 Å². The number of allylic oxidation sites excluding steroid dienone is 4. The predicted octanol–water partition coefficient (Wildman–Crippen LogP) is 5.30. The maximum atomic E-state index is 13.5. The number of aromatic amines is 1. The lowest BCUT2D eigenvalue weighted by Crippen LogP contribution is -2.43. The zero-order chi connectivity index (χ0) is 27.4. The Balaban J connectivity index is 2.38. The second-order valence-electron chi connectivity index (χ2n) is 9.62. The highest BCUT2D eigenvalue weighted by Crippen LogP contribution is 2.35. The van der Waals surface area contributed by atoms with Gasteiger partial charge in [0.05, 0.1) is 19.0 Å². The first-order valence-corrected chi connectivity index (χ1v) is 12.9. The highest BCUT2D eigenvalue weighted by Gasteiger charge is 2.28. The van der Waals surface area contributed by atoms with E-state index < -0.39 is 17.9 Å². The first kappa shape index (κ1) is 29.7. The quantitative estimate of drug-likeness (QED) is 0.155. The summed E-state index contributed by atoms with van der Waals surface area (Å²) in [6.07, 6.45) is 12.7. The van der Waals surface area contributed by atoms with Gasteiger partial charge in [0.1, 0.15) is 17.5 Å². The van der Waals surface area contributed by atoms with E-state index in [-0.39, 0.29) is 35.5 Å². The number of hydrogen-bond acceptors (Lipinski definition) is 6. The Hall–Kier alpha value is -3.55. The predicted molar refractivity (Wildman–Crippen MR) is 145 cm³/mol. The van der Waals surface area contributed by atoms with Crippen molar-refractivity contribution in [1.82, 2.24) is 15.3 Å². The van der Waals surface area contributed by atoms with Crippen LogP contribution in [0.15, 0.2) is 41.9 Å². The third-order valence-corrected chi connectivity index (χ3v) is 6.26. The Morgan fingerprint density at radius 2 is 1.95 bits per heavy atom. The van der Waals surface area contributed by atoms with Gasteiger partial charge in [0, 0.05) is 23.9 Å². The summed E-state index contributed by atoms with van der Waals surface area (Å²) in [5.41, 5.74) is 3.95. The number of ether oxygens (including phenoxy) is 1. The van der Waals surface area contributed by atoms with Gasteiger partial charge >= 0.3 is 5.97 Å². The zero-order valence-electron chi connectivity index (χ0n) is 22.7. The van der Waals surface area contributed by atoms with Crippen LogP contribution < -0.4 is 5.32 Å². The Labute approximate surface area is 219 Å². The van der Waals surface area contributed by atoms with Gasteiger partial charge in [-0.1, -0.05) is 43.1 Å². The maximum absolute atomic E-state index is 13.5. The number of benzene rings is 1. The van der Waals surface area contributed by atoms with Crippen LogP contribution in [0, 0.1) is 0 Å². The van der Waals surface area contributed by atoms with Crippen molar-refractivity contribution in [3.63, 3.8) is 0 Å². The minimum atomic E-state index is -0.977. The fourth-order valence-electron chi connectivity index (χ4n) is 4.11. The van der Waals surface area contributed by atoms with Crippen molar-refractivity contribution in [2.45, 2.75) is 85.1 Å². The Morgan fingerprint density at radius 1 is 1.19 bits per heavy atom. The number of phenolic OH excluding ortho intramolecular Hbond substituents is 2. The molecule has 1 heterocycles. The van der Waals surface area contributed by atoms with Crippen molar-refractivity contribution >= 4 is 11.9 Å². The van der Waals surface area contributed by atoms with Crippen LogP contribution in [0.3, 0.4) is 0 Å². The first-order valence-electron chi connectivity index (χ1n) is 12.9. The van der Waals surface area contributed by atoms with Crippen LogP contribution in [0.2, 0.25) is 0 Å². The van der Waals surface area contributed by atoms with Crippen LogP contribution in [0.4, 0.5) is 0 Å². The van der Waals surface area contributed by atoms with Crippen LogP contribution in [0.1, 0.15) is 87.0 Å². The van der Waals surface area contributed by atoms with Gasteiger partial charge in [-0.25, -0.2) is 9.78 Å². The van der Waals surface area contributed by atoms with Crippen molar-refractivity contribution in [3.8, 4) is 11.5 Å². The summed E-state index contributed by atoms with van der Waals surface area (Å²) in [7, 11) is 1.26. The van der Waals surface area contributed by atoms with E-state index in [1.54, 1.807) is 12.3 Å². The lowest BCUT2D eigenvalue weighted by atomic mass is 9.94. The van der Waals surface area contributed by atoms with Crippen molar-refractivity contribution in [1.29, 1.82) is 0 Å². The number of phenols is 2. The molecule has 0 aliphatic heterocycles. The molecule has 37 heavy (non-hydrogen) atoms. The topological polar surface area (TPSA) is 125 Å². The Kier molecular flexibility index (Phi) is 11.9. The molecular weight excluding hydrogens is 470 g/mol. The summed E-state index contributed by atoms with van der Waals surface area (Å²) in [6.45, 7) is 8.21. The molecule has 8 nitrogen and oxygen atoms in total. The van der Waals surface area contributed by atoms with Gasteiger partial charge in [-0.3, -0.25) is 4.79 Å². The van der Waals surface area contributed by atoms with Gasteiger partial charge in [-0.2, -0.15) is 0 Å². The molecule has 1 atom stereocenters. The number of unbranched alkanes of at least 4 members (excludes halogenated alkanes) is 2. The number of H-pyrrole nitrogens is 1. The number of aryl methyl sites for hydroxylation is 1. The van der Waals surface area contributed by atoms with E-state index in [9.17, 15) is 19.8 Å². The third kappa shape index (κ3) is 9.12. The number of hydrogen-bond donors (Lipinski definition) is 4. The fraction of sp³-hybridized carbons (Fsp3) is 0.483.